The van der Waals surface area contributed by atoms with Gasteiger partial charge in [0.1, 0.15) is 5.75 Å². The van der Waals surface area contributed by atoms with Gasteiger partial charge in [-0.05, 0) is 56.3 Å². The summed E-state index contributed by atoms with van der Waals surface area (Å²) in [5.41, 5.74) is 4.07. The van der Waals surface area contributed by atoms with Crippen LogP contribution in [-0.4, -0.2) is 29.8 Å². The van der Waals surface area contributed by atoms with Crippen molar-refractivity contribution in [1.82, 2.24) is 4.98 Å². The van der Waals surface area contributed by atoms with Gasteiger partial charge in [0, 0.05) is 28.7 Å². The number of hydrogen-bond donors (Lipinski definition) is 1. The molecular weight excluding hydrogens is 374 g/mol. The highest BCUT2D eigenvalue weighted by molar-refractivity contribution is 7.14. The number of anilines is 3. The molecule has 28 heavy (non-hydrogen) atoms. The van der Waals surface area contributed by atoms with Crippen LogP contribution in [0.1, 0.15) is 24.2 Å². The standard InChI is InChI=1S/C21H19N3O3S/c1-3-24-18-10-15(6-9-19(18)27-11-20(24)26)17-12-28-21(23-17)22-16-7-4-14(5-8-16)13(2)25/h4-10,12H,3,11H2,1-2H3,(H,22,23). The predicted molar refractivity (Wildman–Crippen MR) is 111 cm³/mol. The minimum Gasteiger partial charge on any atom is -0.482 e. The molecule has 4 rings (SSSR count). The largest absolute Gasteiger partial charge is 0.482 e. The van der Waals surface area contributed by atoms with Crippen LogP contribution in [0, 0.1) is 0 Å². The predicted octanol–water partition coefficient (Wildman–Crippen LogP) is 4.50. The number of ketones is 1. The maximum absolute atomic E-state index is 12.1. The molecular formula is C21H19N3O3S. The number of ether oxygens (including phenoxy) is 1. The normalized spacial score (nSPS) is 13.1. The van der Waals surface area contributed by atoms with Crippen molar-refractivity contribution in [2.75, 3.05) is 23.4 Å². The minimum absolute atomic E-state index is 0.0400. The average Bonchev–Trinajstić information content (AvgIpc) is 3.16. The molecule has 0 spiro atoms. The number of likely N-dealkylation sites (N-methyl/N-ethyl adjacent to an activating group) is 1. The Kier molecular flexibility index (Phi) is 4.83. The summed E-state index contributed by atoms with van der Waals surface area (Å²) in [5, 5.41) is 5.98. The number of carbonyl (C=O) groups excluding carboxylic acids is 2. The zero-order valence-electron chi connectivity index (χ0n) is 15.6. The first-order valence-electron chi connectivity index (χ1n) is 8.96. The van der Waals surface area contributed by atoms with Crippen molar-refractivity contribution in [3.05, 3.63) is 53.4 Å². The molecule has 0 aliphatic carbocycles. The lowest BCUT2D eigenvalue weighted by Gasteiger charge is -2.28. The number of rotatable bonds is 5. The van der Waals surface area contributed by atoms with Crippen molar-refractivity contribution in [3.8, 4) is 17.0 Å². The van der Waals surface area contributed by atoms with Crippen LogP contribution in [0.5, 0.6) is 5.75 Å². The van der Waals surface area contributed by atoms with E-state index >= 15 is 0 Å². The van der Waals surface area contributed by atoms with Gasteiger partial charge >= 0.3 is 0 Å². The molecule has 7 heteroatoms. The number of thiazole rings is 1. The molecule has 0 unspecified atom stereocenters. The fourth-order valence-electron chi connectivity index (χ4n) is 3.08. The number of carbonyl (C=O) groups is 2. The van der Waals surface area contributed by atoms with Crippen molar-refractivity contribution in [2.24, 2.45) is 0 Å². The van der Waals surface area contributed by atoms with E-state index in [-0.39, 0.29) is 18.3 Å². The van der Waals surface area contributed by atoms with E-state index in [0.717, 1.165) is 27.8 Å². The number of Topliss-reactive ketones (excluding diaryl/α,β-unsaturated/α-hetero) is 1. The van der Waals surface area contributed by atoms with E-state index in [0.29, 0.717) is 17.9 Å². The third-order valence-corrected chi connectivity index (χ3v) is 5.32. The van der Waals surface area contributed by atoms with Crippen molar-refractivity contribution >= 4 is 39.5 Å². The molecule has 3 aromatic rings. The number of nitrogens with one attached hydrogen (secondary N) is 1. The fourth-order valence-corrected chi connectivity index (χ4v) is 3.82. The van der Waals surface area contributed by atoms with E-state index in [1.54, 1.807) is 24.0 Å². The van der Waals surface area contributed by atoms with Crippen molar-refractivity contribution in [1.29, 1.82) is 0 Å². The lowest BCUT2D eigenvalue weighted by atomic mass is 10.1. The van der Waals surface area contributed by atoms with E-state index in [4.69, 9.17) is 4.74 Å². The molecule has 2 aromatic carbocycles. The lowest BCUT2D eigenvalue weighted by Crippen LogP contribution is -2.38. The van der Waals surface area contributed by atoms with Gasteiger partial charge in [-0.25, -0.2) is 4.98 Å². The van der Waals surface area contributed by atoms with Crippen LogP contribution >= 0.6 is 11.3 Å². The zero-order valence-corrected chi connectivity index (χ0v) is 16.4. The first kappa shape index (κ1) is 18.2. The highest BCUT2D eigenvalue weighted by Crippen LogP contribution is 2.37. The minimum atomic E-state index is -0.0400. The van der Waals surface area contributed by atoms with Gasteiger partial charge < -0.3 is 15.0 Å². The van der Waals surface area contributed by atoms with Gasteiger partial charge in [0.05, 0.1) is 11.4 Å². The number of amides is 1. The van der Waals surface area contributed by atoms with Crippen molar-refractivity contribution in [3.63, 3.8) is 0 Å². The Bertz CT molecular complexity index is 1040. The first-order valence-corrected chi connectivity index (χ1v) is 9.84. The van der Waals surface area contributed by atoms with Gasteiger partial charge in [0.15, 0.2) is 17.5 Å². The summed E-state index contributed by atoms with van der Waals surface area (Å²) in [7, 11) is 0. The lowest BCUT2D eigenvalue weighted by molar-refractivity contribution is -0.121. The van der Waals surface area contributed by atoms with E-state index < -0.39 is 0 Å². The van der Waals surface area contributed by atoms with Gasteiger partial charge in [0.2, 0.25) is 0 Å². The van der Waals surface area contributed by atoms with Gasteiger partial charge in [-0.3, -0.25) is 9.59 Å². The molecule has 0 saturated carbocycles. The summed E-state index contributed by atoms with van der Waals surface area (Å²) in [6.07, 6.45) is 0. The quantitative estimate of drug-likeness (QED) is 0.646. The third-order valence-electron chi connectivity index (χ3n) is 4.56. The summed E-state index contributed by atoms with van der Waals surface area (Å²) < 4.78 is 5.52. The first-order chi connectivity index (χ1) is 13.5. The Balaban J connectivity index is 1.57. The van der Waals surface area contributed by atoms with E-state index in [2.05, 4.69) is 10.3 Å². The van der Waals surface area contributed by atoms with Crippen molar-refractivity contribution < 1.29 is 14.3 Å². The molecule has 1 N–H and O–H groups in total. The molecule has 142 valence electrons. The molecule has 1 aromatic heterocycles. The molecule has 1 amide bonds. The molecule has 2 heterocycles. The smallest absolute Gasteiger partial charge is 0.265 e. The summed E-state index contributed by atoms with van der Waals surface area (Å²) in [6, 6.07) is 13.1. The highest BCUT2D eigenvalue weighted by Gasteiger charge is 2.24. The molecule has 1 aliphatic heterocycles. The molecule has 6 nitrogen and oxygen atoms in total. The number of nitrogens with zero attached hydrogens (tertiary/aromatic N) is 2. The summed E-state index contributed by atoms with van der Waals surface area (Å²) >= 11 is 1.49. The van der Waals surface area contributed by atoms with E-state index in [1.165, 1.54) is 11.3 Å². The molecule has 1 aliphatic rings. The summed E-state index contributed by atoms with van der Waals surface area (Å²) in [5.74, 6) is 0.713. The van der Waals surface area contributed by atoms with Gasteiger partial charge in [-0.1, -0.05) is 0 Å². The maximum atomic E-state index is 12.1. The second kappa shape index (κ2) is 7.44. The zero-order chi connectivity index (χ0) is 19.7. The summed E-state index contributed by atoms with van der Waals surface area (Å²) in [6.45, 7) is 4.17. The van der Waals surface area contributed by atoms with Crippen molar-refractivity contribution in [2.45, 2.75) is 13.8 Å². The van der Waals surface area contributed by atoms with Crippen LogP contribution < -0.4 is 15.0 Å². The molecule has 0 saturated heterocycles. The Morgan fingerprint density at radius 2 is 2.04 bits per heavy atom. The fraction of sp³-hybridized carbons (Fsp3) is 0.190. The Morgan fingerprint density at radius 3 is 2.75 bits per heavy atom. The van der Waals surface area contributed by atoms with Crippen LogP contribution in [0.2, 0.25) is 0 Å². The van der Waals surface area contributed by atoms with Gasteiger partial charge in [-0.15, -0.1) is 11.3 Å². The Labute approximate surface area is 166 Å². The highest BCUT2D eigenvalue weighted by atomic mass is 32.1. The Morgan fingerprint density at radius 1 is 1.25 bits per heavy atom. The van der Waals surface area contributed by atoms with Crippen LogP contribution in [0.15, 0.2) is 47.8 Å². The molecule has 0 radical (unpaired) electrons. The van der Waals surface area contributed by atoms with E-state index in [1.807, 2.05) is 42.6 Å². The third kappa shape index (κ3) is 3.48. The van der Waals surface area contributed by atoms with Crippen LogP contribution in [-0.2, 0) is 4.79 Å². The topological polar surface area (TPSA) is 71.5 Å². The van der Waals surface area contributed by atoms with Crippen LogP contribution in [0.3, 0.4) is 0 Å². The monoisotopic (exact) mass is 393 g/mol. The number of benzene rings is 2. The average molecular weight is 393 g/mol. The van der Waals surface area contributed by atoms with Crippen LogP contribution in [0.25, 0.3) is 11.3 Å². The van der Waals surface area contributed by atoms with Crippen LogP contribution in [0.4, 0.5) is 16.5 Å². The summed E-state index contributed by atoms with van der Waals surface area (Å²) in [4.78, 5) is 29.8. The molecule has 0 fully saturated rings. The van der Waals surface area contributed by atoms with E-state index in [9.17, 15) is 9.59 Å². The molecule has 0 atom stereocenters. The van der Waals surface area contributed by atoms with Gasteiger partial charge in [-0.2, -0.15) is 0 Å². The number of fused-ring (bicyclic) bond motifs is 1. The SMILES string of the molecule is CCN1C(=O)COc2ccc(-c3csc(Nc4ccc(C(C)=O)cc4)n3)cc21. The Hall–Kier alpha value is -3.19. The maximum Gasteiger partial charge on any atom is 0.265 e. The van der Waals surface area contributed by atoms with Gasteiger partial charge in [0.25, 0.3) is 5.91 Å². The second-order valence-corrected chi connectivity index (χ2v) is 7.26. The number of aromatic nitrogens is 1. The molecule has 0 bridgehead atoms. The second-order valence-electron chi connectivity index (χ2n) is 6.41. The number of hydrogen-bond acceptors (Lipinski definition) is 6.